The lowest BCUT2D eigenvalue weighted by Crippen LogP contribution is -2.46. The summed E-state index contributed by atoms with van der Waals surface area (Å²) in [6.45, 7) is 5.28. The van der Waals surface area contributed by atoms with Crippen molar-refractivity contribution in [2.24, 2.45) is 0 Å². The van der Waals surface area contributed by atoms with E-state index in [0.29, 0.717) is 17.8 Å². The summed E-state index contributed by atoms with van der Waals surface area (Å²) in [4.78, 5) is 14.6. The van der Waals surface area contributed by atoms with Crippen molar-refractivity contribution in [3.8, 4) is 0 Å². The minimum Gasteiger partial charge on any atom is -0.351 e. The molecule has 0 radical (unpaired) electrons. The lowest BCUT2D eigenvalue weighted by Gasteiger charge is -2.27. The predicted octanol–water partition coefficient (Wildman–Crippen LogP) is 1.12. The molecule has 1 saturated heterocycles. The van der Waals surface area contributed by atoms with Crippen LogP contribution in [0, 0.1) is 0 Å². The molecule has 27 heavy (non-hydrogen) atoms. The number of rotatable bonds is 7. The number of hydrogen-bond acceptors (Lipinski definition) is 5. The third kappa shape index (κ3) is 5.53. The molecule has 2 aromatic rings. The van der Waals surface area contributed by atoms with Crippen LogP contribution in [-0.2, 0) is 10.0 Å². The molecule has 3 rings (SSSR count). The number of piperazine rings is 1. The first-order chi connectivity index (χ1) is 13.0. The molecule has 0 spiro atoms. The zero-order valence-corrected chi connectivity index (χ0v) is 15.8. The Labute approximate surface area is 159 Å². The fourth-order valence-electron chi connectivity index (χ4n) is 2.87. The van der Waals surface area contributed by atoms with Crippen LogP contribution in [0.2, 0.25) is 0 Å². The lowest BCUT2D eigenvalue weighted by atomic mass is 10.2. The molecule has 144 valence electrons. The smallest absolute Gasteiger partial charge is 0.261 e. The van der Waals surface area contributed by atoms with E-state index >= 15 is 0 Å². The third-order valence-electron chi connectivity index (χ3n) is 4.38. The van der Waals surface area contributed by atoms with Gasteiger partial charge in [-0.25, -0.2) is 8.42 Å². The van der Waals surface area contributed by atoms with Crippen LogP contribution in [0.25, 0.3) is 0 Å². The van der Waals surface area contributed by atoms with Crippen molar-refractivity contribution in [2.45, 2.75) is 4.90 Å². The first-order valence-electron chi connectivity index (χ1n) is 8.94. The minimum absolute atomic E-state index is 0.115. The molecule has 8 heteroatoms. The second kappa shape index (κ2) is 8.98. The van der Waals surface area contributed by atoms with E-state index in [1.807, 2.05) is 6.07 Å². The van der Waals surface area contributed by atoms with E-state index in [1.54, 1.807) is 24.3 Å². The molecule has 0 atom stereocenters. The van der Waals surface area contributed by atoms with E-state index in [4.69, 9.17) is 0 Å². The van der Waals surface area contributed by atoms with Crippen LogP contribution in [0.4, 0.5) is 5.69 Å². The van der Waals surface area contributed by atoms with Crippen molar-refractivity contribution >= 4 is 21.6 Å². The number of amides is 1. The van der Waals surface area contributed by atoms with E-state index in [0.717, 1.165) is 32.7 Å². The van der Waals surface area contributed by atoms with Crippen LogP contribution in [0.5, 0.6) is 0 Å². The summed E-state index contributed by atoms with van der Waals surface area (Å²) >= 11 is 0. The van der Waals surface area contributed by atoms with E-state index in [2.05, 4.69) is 20.3 Å². The van der Waals surface area contributed by atoms with Crippen LogP contribution >= 0.6 is 0 Å². The van der Waals surface area contributed by atoms with Gasteiger partial charge in [-0.1, -0.05) is 18.2 Å². The molecule has 1 aliphatic rings. The fraction of sp³-hybridized carbons (Fsp3) is 0.316. The van der Waals surface area contributed by atoms with Crippen molar-refractivity contribution in [3.63, 3.8) is 0 Å². The van der Waals surface area contributed by atoms with E-state index < -0.39 is 10.0 Å². The van der Waals surface area contributed by atoms with Crippen LogP contribution in [0.1, 0.15) is 10.4 Å². The second-order valence-electron chi connectivity index (χ2n) is 6.34. The Hall–Kier alpha value is -2.42. The normalized spacial score (nSPS) is 15.3. The fourth-order valence-corrected chi connectivity index (χ4v) is 3.93. The molecule has 3 N–H and O–H groups in total. The molecule has 1 fully saturated rings. The van der Waals surface area contributed by atoms with Gasteiger partial charge in [-0.15, -0.1) is 0 Å². The Morgan fingerprint density at radius 2 is 1.67 bits per heavy atom. The summed E-state index contributed by atoms with van der Waals surface area (Å²) in [6, 6.07) is 14.6. The molecule has 0 saturated carbocycles. The van der Waals surface area contributed by atoms with Gasteiger partial charge in [-0.3, -0.25) is 14.4 Å². The summed E-state index contributed by atoms with van der Waals surface area (Å²) in [6.07, 6.45) is 0. The molecule has 0 aromatic heterocycles. The Bertz CT molecular complexity index is 848. The van der Waals surface area contributed by atoms with Gasteiger partial charge in [0.05, 0.1) is 4.90 Å². The molecule has 0 aliphatic carbocycles. The summed E-state index contributed by atoms with van der Waals surface area (Å²) in [5.74, 6) is -0.204. The highest BCUT2D eigenvalue weighted by atomic mass is 32.2. The average molecular weight is 388 g/mol. The quantitative estimate of drug-likeness (QED) is 0.661. The summed E-state index contributed by atoms with van der Waals surface area (Å²) in [5.41, 5.74) is 0.932. The second-order valence-corrected chi connectivity index (χ2v) is 8.03. The highest BCUT2D eigenvalue weighted by Gasteiger charge is 2.15. The summed E-state index contributed by atoms with van der Waals surface area (Å²) in [7, 11) is -3.68. The number of anilines is 1. The molecule has 1 amide bonds. The molecule has 1 aliphatic heterocycles. The van der Waals surface area contributed by atoms with Gasteiger partial charge in [0.25, 0.3) is 15.9 Å². The van der Waals surface area contributed by atoms with E-state index in [9.17, 15) is 13.2 Å². The Morgan fingerprint density at radius 3 is 2.33 bits per heavy atom. The number of nitrogens with one attached hydrogen (secondary N) is 3. The number of sulfonamides is 1. The Morgan fingerprint density at radius 1 is 1.00 bits per heavy atom. The Kier molecular flexibility index (Phi) is 6.44. The zero-order chi connectivity index (χ0) is 19.1. The van der Waals surface area contributed by atoms with Gasteiger partial charge in [0.2, 0.25) is 0 Å². The molecule has 0 unspecified atom stereocenters. The topological polar surface area (TPSA) is 90.5 Å². The summed E-state index contributed by atoms with van der Waals surface area (Å²) in [5, 5.41) is 6.17. The molecule has 0 bridgehead atoms. The first-order valence-corrected chi connectivity index (χ1v) is 10.4. The minimum atomic E-state index is -3.68. The van der Waals surface area contributed by atoms with Crippen molar-refractivity contribution in [1.29, 1.82) is 0 Å². The van der Waals surface area contributed by atoms with Crippen LogP contribution in [-0.4, -0.2) is 58.5 Å². The van der Waals surface area contributed by atoms with Crippen molar-refractivity contribution in [1.82, 2.24) is 15.5 Å². The monoisotopic (exact) mass is 388 g/mol. The van der Waals surface area contributed by atoms with Gasteiger partial charge in [0.15, 0.2) is 0 Å². The number of hydrogen-bond donors (Lipinski definition) is 3. The van der Waals surface area contributed by atoms with Gasteiger partial charge in [-0.2, -0.15) is 0 Å². The maximum atomic E-state index is 12.4. The molecule has 2 aromatic carbocycles. The zero-order valence-electron chi connectivity index (χ0n) is 15.0. The van der Waals surface area contributed by atoms with Crippen LogP contribution in [0.15, 0.2) is 59.5 Å². The standard InChI is InChI=1S/C19H24N4O3S/c24-19(21-12-15-23-13-10-20-11-14-23)16-6-8-18(9-7-16)27(25,26)22-17-4-2-1-3-5-17/h1-9,20,22H,10-15H2,(H,21,24). The number of carbonyl (C=O) groups excluding carboxylic acids is 1. The highest BCUT2D eigenvalue weighted by molar-refractivity contribution is 7.92. The number of benzene rings is 2. The highest BCUT2D eigenvalue weighted by Crippen LogP contribution is 2.16. The lowest BCUT2D eigenvalue weighted by molar-refractivity contribution is 0.0947. The predicted molar refractivity (Wildman–Crippen MR) is 105 cm³/mol. The van der Waals surface area contributed by atoms with Crippen LogP contribution in [0.3, 0.4) is 0 Å². The van der Waals surface area contributed by atoms with Gasteiger partial charge < -0.3 is 10.6 Å². The van der Waals surface area contributed by atoms with Gasteiger partial charge in [0, 0.05) is 50.5 Å². The third-order valence-corrected chi connectivity index (χ3v) is 5.77. The molecule has 1 heterocycles. The van der Waals surface area contributed by atoms with E-state index in [-0.39, 0.29) is 10.8 Å². The SMILES string of the molecule is O=C(NCCN1CCNCC1)c1ccc(S(=O)(=O)Nc2ccccc2)cc1. The number of nitrogens with zero attached hydrogens (tertiary/aromatic N) is 1. The maximum Gasteiger partial charge on any atom is 0.261 e. The first kappa shape index (κ1) is 19.3. The van der Waals surface area contributed by atoms with Gasteiger partial charge in [-0.05, 0) is 36.4 Å². The number of carbonyl (C=O) groups is 1. The van der Waals surface area contributed by atoms with Crippen molar-refractivity contribution < 1.29 is 13.2 Å². The largest absolute Gasteiger partial charge is 0.351 e. The van der Waals surface area contributed by atoms with Crippen molar-refractivity contribution in [3.05, 3.63) is 60.2 Å². The Balaban J connectivity index is 1.55. The summed E-state index contributed by atoms with van der Waals surface area (Å²) < 4.78 is 27.3. The van der Waals surface area contributed by atoms with Crippen molar-refractivity contribution in [2.75, 3.05) is 44.0 Å². The van der Waals surface area contributed by atoms with E-state index in [1.165, 1.54) is 24.3 Å². The number of para-hydroxylation sites is 1. The molecule has 7 nitrogen and oxygen atoms in total. The van der Waals surface area contributed by atoms with Crippen LogP contribution < -0.4 is 15.4 Å². The maximum absolute atomic E-state index is 12.4. The van der Waals surface area contributed by atoms with Gasteiger partial charge >= 0.3 is 0 Å². The van der Waals surface area contributed by atoms with Gasteiger partial charge in [0.1, 0.15) is 0 Å². The molecular formula is C19H24N4O3S. The average Bonchev–Trinajstić information content (AvgIpc) is 2.69. The molecular weight excluding hydrogens is 364 g/mol.